The molecule has 8 nitrogen and oxygen atoms in total. The standard InChI is InChI=1S/C20H31N3O5/c1-20(2,13-24)12-22-18(25)10-16-19(26)21-7-8-23(16)11-14-5-6-15(27-3)9-17(14)28-4/h5-6,9,16,24H,7-8,10-13H2,1-4H3,(H,21,26)(H,22,25)/t16-/m1/s1. The van der Waals surface area contributed by atoms with Gasteiger partial charge in [0.05, 0.1) is 26.7 Å². The summed E-state index contributed by atoms with van der Waals surface area (Å²) >= 11 is 0. The van der Waals surface area contributed by atoms with Crippen LogP contribution < -0.4 is 20.1 Å². The first-order valence-electron chi connectivity index (χ1n) is 9.40. The van der Waals surface area contributed by atoms with Crippen LogP contribution in [0.2, 0.25) is 0 Å². The molecular weight excluding hydrogens is 362 g/mol. The fourth-order valence-electron chi connectivity index (χ4n) is 3.02. The van der Waals surface area contributed by atoms with E-state index in [1.807, 2.05) is 30.9 Å². The third-order valence-electron chi connectivity index (χ3n) is 4.88. The normalized spacial score (nSPS) is 17.8. The first-order valence-corrected chi connectivity index (χ1v) is 9.40. The molecule has 3 N–H and O–H groups in total. The Morgan fingerprint density at radius 1 is 1.36 bits per heavy atom. The third-order valence-corrected chi connectivity index (χ3v) is 4.88. The Kier molecular flexibility index (Phi) is 7.65. The number of benzene rings is 1. The molecule has 1 aliphatic heterocycles. The van der Waals surface area contributed by atoms with E-state index < -0.39 is 11.5 Å². The van der Waals surface area contributed by atoms with Gasteiger partial charge in [-0.1, -0.05) is 19.9 Å². The van der Waals surface area contributed by atoms with Gasteiger partial charge in [-0.2, -0.15) is 0 Å². The van der Waals surface area contributed by atoms with Gasteiger partial charge in [0.2, 0.25) is 11.8 Å². The van der Waals surface area contributed by atoms with Crippen LogP contribution in [0.4, 0.5) is 0 Å². The summed E-state index contributed by atoms with van der Waals surface area (Å²) in [5.41, 5.74) is 0.519. The molecule has 1 aliphatic rings. The molecule has 28 heavy (non-hydrogen) atoms. The number of nitrogens with one attached hydrogen (secondary N) is 2. The van der Waals surface area contributed by atoms with Crippen LogP contribution in [0.15, 0.2) is 18.2 Å². The number of piperazine rings is 1. The Hall–Kier alpha value is -2.32. The number of carbonyl (C=O) groups excluding carboxylic acids is 2. The lowest BCUT2D eigenvalue weighted by molar-refractivity contribution is -0.134. The summed E-state index contributed by atoms with van der Waals surface area (Å²) in [7, 11) is 3.19. The Morgan fingerprint density at radius 3 is 2.75 bits per heavy atom. The monoisotopic (exact) mass is 393 g/mol. The summed E-state index contributed by atoms with van der Waals surface area (Å²) in [5.74, 6) is 1.00. The minimum absolute atomic E-state index is 0.0272. The Balaban J connectivity index is 2.08. The predicted octanol–water partition coefficient (Wildman–Crippen LogP) is 0.529. The van der Waals surface area contributed by atoms with Crippen LogP contribution in [0.1, 0.15) is 25.8 Å². The van der Waals surface area contributed by atoms with Gasteiger partial charge < -0.3 is 25.2 Å². The second-order valence-corrected chi connectivity index (χ2v) is 7.76. The number of hydrogen-bond acceptors (Lipinski definition) is 6. The molecular formula is C20H31N3O5. The Morgan fingerprint density at radius 2 is 2.11 bits per heavy atom. The number of aliphatic hydroxyl groups is 1. The van der Waals surface area contributed by atoms with Crippen LogP contribution >= 0.6 is 0 Å². The predicted molar refractivity (Wildman–Crippen MR) is 105 cm³/mol. The smallest absolute Gasteiger partial charge is 0.237 e. The summed E-state index contributed by atoms with van der Waals surface area (Å²) in [6.45, 7) is 5.71. The lowest BCUT2D eigenvalue weighted by atomic mass is 9.95. The molecule has 0 saturated carbocycles. The van der Waals surface area contributed by atoms with Gasteiger partial charge in [-0.25, -0.2) is 0 Å². The number of amides is 2. The molecule has 8 heteroatoms. The Labute approximate surface area is 166 Å². The number of ether oxygens (including phenoxy) is 2. The second kappa shape index (κ2) is 9.75. The highest BCUT2D eigenvalue weighted by molar-refractivity contribution is 5.88. The fourth-order valence-corrected chi connectivity index (χ4v) is 3.02. The summed E-state index contributed by atoms with van der Waals surface area (Å²) in [6, 6.07) is 5.00. The third kappa shape index (κ3) is 5.84. The molecule has 2 amide bonds. The highest BCUT2D eigenvalue weighted by atomic mass is 16.5. The molecule has 0 aromatic heterocycles. The maximum atomic E-state index is 12.4. The van der Waals surface area contributed by atoms with Crippen molar-refractivity contribution in [2.45, 2.75) is 32.9 Å². The zero-order chi connectivity index (χ0) is 20.7. The lowest BCUT2D eigenvalue weighted by Crippen LogP contribution is -2.56. The number of carbonyl (C=O) groups is 2. The van der Waals surface area contributed by atoms with E-state index in [1.54, 1.807) is 20.3 Å². The molecule has 1 heterocycles. The van der Waals surface area contributed by atoms with Crippen molar-refractivity contribution in [1.29, 1.82) is 0 Å². The largest absolute Gasteiger partial charge is 0.497 e. The minimum Gasteiger partial charge on any atom is -0.497 e. The van der Waals surface area contributed by atoms with Gasteiger partial charge in [0.15, 0.2) is 0 Å². The molecule has 0 radical (unpaired) electrons. The van der Waals surface area contributed by atoms with Gasteiger partial charge in [0.25, 0.3) is 0 Å². The van der Waals surface area contributed by atoms with E-state index in [0.29, 0.717) is 37.7 Å². The molecule has 1 fully saturated rings. The van der Waals surface area contributed by atoms with Crippen molar-refractivity contribution in [2.24, 2.45) is 5.41 Å². The van der Waals surface area contributed by atoms with Gasteiger partial charge in [0.1, 0.15) is 11.5 Å². The zero-order valence-corrected chi connectivity index (χ0v) is 17.1. The van der Waals surface area contributed by atoms with Gasteiger partial charge in [-0.3, -0.25) is 14.5 Å². The van der Waals surface area contributed by atoms with E-state index in [2.05, 4.69) is 10.6 Å². The quantitative estimate of drug-likeness (QED) is 0.566. The first-order chi connectivity index (χ1) is 13.3. The molecule has 1 aromatic rings. The first kappa shape index (κ1) is 22.0. The van der Waals surface area contributed by atoms with Crippen LogP contribution in [0.25, 0.3) is 0 Å². The topological polar surface area (TPSA) is 100 Å². The maximum absolute atomic E-state index is 12.4. The number of nitrogens with zero attached hydrogens (tertiary/aromatic N) is 1. The van der Waals surface area contributed by atoms with Crippen molar-refractivity contribution in [3.05, 3.63) is 23.8 Å². The van der Waals surface area contributed by atoms with Crippen molar-refractivity contribution in [3.8, 4) is 11.5 Å². The van der Waals surface area contributed by atoms with Crippen molar-refractivity contribution in [3.63, 3.8) is 0 Å². The summed E-state index contributed by atoms with van der Waals surface area (Å²) in [5, 5.41) is 15.0. The van der Waals surface area contributed by atoms with E-state index in [4.69, 9.17) is 9.47 Å². The van der Waals surface area contributed by atoms with Crippen molar-refractivity contribution in [1.82, 2.24) is 15.5 Å². The van der Waals surface area contributed by atoms with E-state index in [9.17, 15) is 14.7 Å². The number of rotatable bonds is 9. The highest BCUT2D eigenvalue weighted by Crippen LogP contribution is 2.27. The van der Waals surface area contributed by atoms with Gasteiger partial charge in [-0.05, 0) is 6.07 Å². The van der Waals surface area contributed by atoms with Crippen molar-refractivity contribution >= 4 is 11.8 Å². The zero-order valence-electron chi connectivity index (χ0n) is 17.1. The van der Waals surface area contributed by atoms with Crippen LogP contribution in [-0.2, 0) is 16.1 Å². The van der Waals surface area contributed by atoms with Crippen molar-refractivity contribution < 1.29 is 24.2 Å². The molecule has 1 aromatic carbocycles. The molecule has 0 unspecified atom stereocenters. The van der Waals surface area contributed by atoms with Gasteiger partial charge >= 0.3 is 0 Å². The van der Waals surface area contributed by atoms with Crippen LogP contribution in [0, 0.1) is 5.41 Å². The SMILES string of the molecule is COc1ccc(CN2CCNC(=O)[C@H]2CC(=O)NCC(C)(C)CO)c(OC)c1. The summed E-state index contributed by atoms with van der Waals surface area (Å²) in [6.07, 6.45) is 0.0613. The van der Waals surface area contributed by atoms with Gasteiger partial charge in [-0.15, -0.1) is 0 Å². The molecule has 0 spiro atoms. The highest BCUT2D eigenvalue weighted by Gasteiger charge is 2.32. The summed E-state index contributed by atoms with van der Waals surface area (Å²) in [4.78, 5) is 26.8. The lowest BCUT2D eigenvalue weighted by Gasteiger charge is -2.35. The van der Waals surface area contributed by atoms with Crippen LogP contribution in [0.3, 0.4) is 0 Å². The molecule has 0 aliphatic carbocycles. The second-order valence-electron chi connectivity index (χ2n) is 7.76. The van der Waals surface area contributed by atoms with E-state index >= 15 is 0 Å². The van der Waals surface area contributed by atoms with E-state index in [0.717, 1.165) is 5.56 Å². The number of hydrogen-bond donors (Lipinski definition) is 3. The molecule has 2 rings (SSSR count). The molecule has 1 saturated heterocycles. The average molecular weight is 393 g/mol. The maximum Gasteiger partial charge on any atom is 0.237 e. The average Bonchev–Trinajstić information content (AvgIpc) is 2.69. The summed E-state index contributed by atoms with van der Waals surface area (Å²) < 4.78 is 10.7. The number of methoxy groups -OCH3 is 2. The van der Waals surface area contributed by atoms with E-state index in [1.165, 1.54) is 0 Å². The molecule has 1 atom stereocenters. The van der Waals surface area contributed by atoms with Crippen molar-refractivity contribution in [2.75, 3.05) is 40.5 Å². The molecule has 156 valence electrons. The Bertz CT molecular complexity index is 692. The van der Waals surface area contributed by atoms with Gasteiger partial charge in [0, 0.05) is 49.8 Å². The fraction of sp³-hybridized carbons (Fsp3) is 0.600. The minimum atomic E-state index is -0.558. The number of aliphatic hydroxyl groups excluding tert-OH is 1. The van der Waals surface area contributed by atoms with Crippen LogP contribution in [0.5, 0.6) is 11.5 Å². The molecule has 0 bridgehead atoms. The van der Waals surface area contributed by atoms with E-state index in [-0.39, 0.29) is 24.8 Å². The van der Waals surface area contributed by atoms with Crippen LogP contribution in [-0.4, -0.2) is 68.3 Å².